The van der Waals surface area contributed by atoms with E-state index in [0.717, 1.165) is 70.3 Å². The van der Waals surface area contributed by atoms with Crippen LogP contribution in [0.2, 0.25) is 0 Å². The van der Waals surface area contributed by atoms with E-state index in [1.807, 2.05) is 18.5 Å². The van der Waals surface area contributed by atoms with Crippen LogP contribution in [0.4, 0.5) is 17.2 Å². The Labute approximate surface area is 221 Å². The molecule has 196 valence electrons. The number of nitrogens with zero attached hydrogens (tertiary/aromatic N) is 5. The Bertz CT molecular complexity index is 1100. The van der Waals surface area contributed by atoms with Crippen molar-refractivity contribution in [3.8, 4) is 0 Å². The summed E-state index contributed by atoms with van der Waals surface area (Å²) in [6.45, 7) is 6.55. The van der Waals surface area contributed by atoms with Gasteiger partial charge in [0.05, 0.1) is 13.2 Å². The van der Waals surface area contributed by atoms with Gasteiger partial charge in [-0.3, -0.25) is 4.98 Å². The van der Waals surface area contributed by atoms with Crippen LogP contribution in [0.5, 0.6) is 0 Å². The second-order valence-electron chi connectivity index (χ2n) is 10.4. The van der Waals surface area contributed by atoms with E-state index in [9.17, 15) is 0 Å². The predicted octanol–water partition coefficient (Wildman–Crippen LogP) is 4.48. The summed E-state index contributed by atoms with van der Waals surface area (Å²) in [5.41, 5.74) is 4.99. The summed E-state index contributed by atoms with van der Waals surface area (Å²) in [5.74, 6) is 1.27. The lowest BCUT2D eigenvalue weighted by atomic mass is 9.91. The molecule has 1 N–H and O–H groups in total. The minimum Gasteiger partial charge on any atom is -0.378 e. The van der Waals surface area contributed by atoms with Crippen LogP contribution in [0.15, 0.2) is 67.0 Å². The van der Waals surface area contributed by atoms with E-state index in [1.54, 1.807) is 0 Å². The molecule has 7 heteroatoms. The first-order valence-corrected chi connectivity index (χ1v) is 13.6. The van der Waals surface area contributed by atoms with Crippen molar-refractivity contribution in [1.29, 1.82) is 0 Å². The fraction of sp³-hybridized carbons (Fsp3) is 0.467. The van der Waals surface area contributed by atoms with Gasteiger partial charge in [-0.25, -0.2) is 4.98 Å². The van der Waals surface area contributed by atoms with Gasteiger partial charge < -0.3 is 24.8 Å². The highest BCUT2D eigenvalue weighted by atomic mass is 16.5. The molecule has 5 rings (SSSR count). The molecule has 2 saturated heterocycles. The molecule has 3 aromatic rings. The molecule has 2 aliphatic heterocycles. The van der Waals surface area contributed by atoms with Crippen LogP contribution in [0.25, 0.3) is 0 Å². The largest absolute Gasteiger partial charge is 0.378 e. The minimum atomic E-state index is 0.304. The van der Waals surface area contributed by atoms with Gasteiger partial charge in [-0.05, 0) is 75.8 Å². The first kappa shape index (κ1) is 25.5. The summed E-state index contributed by atoms with van der Waals surface area (Å²) in [5, 5.41) is 3.71. The van der Waals surface area contributed by atoms with Crippen LogP contribution < -0.4 is 15.1 Å². The highest BCUT2D eigenvalue weighted by Gasteiger charge is 2.22. The van der Waals surface area contributed by atoms with Gasteiger partial charge >= 0.3 is 0 Å². The fourth-order valence-corrected chi connectivity index (χ4v) is 5.43. The molecule has 0 aliphatic carbocycles. The summed E-state index contributed by atoms with van der Waals surface area (Å²) >= 11 is 0. The lowest BCUT2D eigenvalue weighted by molar-refractivity contribution is 0.122. The second kappa shape index (κ2) is 12.4. The molecule has 2 aromatic heterocycles. The molecule has 0 saturated carbocycles. The molecule has 1 aromatic carbocycles. The number of benzene rings is 1. The lowest BCUT2D eigenvalue weighted by Gasteiger charge is -2.35. The Morgan fingerprint density at radius 1 is 0.946 bits per heavy atom. The Kier molecular flexibility index (Phi) is 8.53. The Balaban J connectivity index is 1.24. The molecule has 0 amide bonds. The van der Waals surface area contributed by atoms with E-state index in [0.29, 0.717) is 12.0 Å². The van der Waals surface area contributed by atoms with Gasteiger partial charge in [-0.2, -0.15) is 0 Å². The Hall–Kier alpha value is -3.16. The number of anilines is 3. The number of nitrogens with one attached hydrogen (secondary N) is 1. The first-order chi connectivity index (χ1) is 18.2. The van der Waals surface area contributed by atoms with Crippen LogP contribution >= 0.6 is 0 Å². The maximum absolute atomic E-state index is 5.51. The number of ether oxygens (including phenoxy) is 1. The molecule has 2 atom stereocenters. The molecule has 2 aliphatic rings. The van der Waals surface area contributed by atoms with E-state index >= 15 is 0 Å². The van der Waals surface area contributed by atoms with Crippen molar-refractivity contribution in [1.82, 2.24) is 14.9 Å². The molecule has 7 nitrogen and oxygen atoms in total. The number of pyridine rings is 2. The highest BCUT2D eigenvalue weighted by molar-refractivity contribution is 5.55. The van der Waals surface area contributed by atoms with Gasteiger partial charge in [0.2, 0.25) is 0 Å². The normalized spacial score (nSPS) is 19.2. The highest BCUT2D eigenvalue weighted by Crippen LogP contribution is 2.30. The molecular formula is C30H40N6O. The number of piperidine rings is 1. The Morgan fingerprint density at radius 3 is 2.54 bits per heavy atom. The third-order valence-electron chi connectivity index (χ3n) is 7.46. The van der Waals surface area contributed by atoms with Crippen molar-refractivity contribution in [2.24, 2.45) is 0 Å². The average Bonchev–Trinajstić information content (AvgIpc) is 2.95. The molecular weight excluding hydrogens is 460 g/mol. The van der Waals surface area contributed by atoms with Crippen molar-refractivity contribution in [3.63, 3.8) is 0 Å². The van der Waals surface area contributed by atoms with Gasteiger partial charge in [0.15, 0.2) is 0 Å². The Morgan fingerprint density at radius 2 is 1.78 bits per heavy atom. The van der Waals surface area contributed by atoms with Crippen LogP contribution in [0, 0.1) is 0 Å². The number of rotatable bonds is 9. The standard InChI is InChI=1S/C30H40N6O/c1-34(2)17-13-28(29-7-3-4-14-31-29)24-8-10-26(11-9-24)36-16-5-6-25(23-36)33-30-22-27(12-15-32-30)35-18-20-37-21-19-35/h3-4,7-12,14-15,22,25,28H,5-6,13,16-21,23H2,1-2H3,(H,32,33)/t25-,28-/m1/s1. The molecule has 0 unspecified atom stereocenters. The second-order valence-corrected chi connectivity index (χ2v) is 10.4. The minimum absolute atomic E-state index is 0.304. The molecule has 0 spiro atoms. The van der Waals surface area contributed by atoms with Gasteiger partial charge in [0.1, 0.15) is 5.82 Å². The zero-order chi connectivity index (χ0) is 25.5. The third kappa shape index (κ3) is 6.79. The summed E-state index contributed by atoms with van der Waals surface area (Å²) in [6.07, 6.45) is 7.20. The average molecular weight is 501 g/mol. The van der Waals surface area contributed by atoms with E-state index in [1.165, 1.54) is 23.4 Å². The third-order valence-corrected chi connectivity index (χ3v) is 7.46. The van der Waals surface area contributed by atoms with Crippen molar-refractivity contribution in [3.05, 3.63) is 78.2 Å². The smallest absolute Gasteiger partial charge is 0.128 e. The zero-order valence-corrected chi connectivity index (χ0v) is 22.2. The van der Waals surface area contributed by atoms with Crippen molar-refractivity contribution in [2.75, 3.05) is 75.1 Å². The van der Waals surface area contributed by atoms with Crippen LogP contribution in [-0.2, 0) is 4.74 Å². The van der Waals surface area contributed by atoms with Gasteiger partial charge in [0, 0.05) is 73.7 Å². The lowest BCUT2D eigenvalue weighted by Crippen LogP contribution is -2.42. The van der Waals surface area contributed by atoms with Crippen molar-refractivity contribution >= 4 is 17.2 Å². The van der Waals surface area contributed by atoms with Gasteiger partial charge in [-0.15, -0.1) is 0 Å². The van der Waals surface area contributed by atoms with Crippen molar-refractivity contribution in [2.45, 2.75) is 31.2 Å². The van der Waals surface area contributed by atoms with Crippen LogP contribution in [-0.4, -0.2) is 80.9 Å². The van der Waals surface area contributed by atoms with E-state index in [4.69, 9.17) is 4.74 Å². The summed E-state index contributed by atoms with van der Waals surface area (Å²) in [4.78, 5) is 16.4. The number of hydrogen-bond donors (Lipinski definition) is 1. The first-order valence-electron chi connectivity index (χ1n) is 13.6. The molecule has 2 fully saturated rings. The molecule has 0 radical (unpaired) electrons. The molecule has 0 bridgehead atoms. The maximum Gasteiger partial charge on any atom is 0.128 e. The topological polar surface area (TPSA) is 56.8 Å². The number of morpholine rings is 1. The number of hydrogen-bond acceptors (Lipinski definition) is 7. The SMILES string of the molecule is CN(C)CC[C@H](c1ccc(N2CCC[C@@H](Nc3cc(N4CCOCC4)ccn3)C2)cc1)c1ccccn1. The summed E-state index contributed by atoms with van der Waals surface area (Å²) in [7, 11) is 4.27. The van der Waals surface area contributed by atoms with Crippen LogP contribution in [0.1, 0.15) is 36.4 Å². The molecule has 4 heterocycles. The van der Waals surface area contributed by atoms with E-state index in [-0.39, 0.29) is 0 Å². The van der Waals surface area contributed by atoms with Gasteiger partial charge in [0.25, 0.3) is 0 Å². The molecule has 37 heavy (non-hydrogen) atoms. The summed E-state index contributed by atoms with van der Waals surface area (Å²) in [6, 6.07) is 20.1. The van der Waals surface area contributed by atoms with Crippen LogP contribution in [0.3, 0.4) is 0 Å². The quantitative estimate of drug-likeness (QED) is 0.465. The monoisotopic (exact) mass is 500 g/mol. The number of aromatic nitrogens is 2. The summed E-state index contributed by atoms with van der Waals surface area (Å²) < 4.78 is 5.51. The predicted molar refractivity (Wildman–Crippen MR) is 152 cm³/mol. The van der Waals surface area contributed by atoms with Crippen molar-refractivity contribution < 1.29 is 4.74 Å². The van der Waals surface area contributed by atoms with E-state index in [2.05, 4.69) is 92.6 Å². The van der Waals surface area contributed by atoms with Gasteiger partial charge in [-0.1, -0.05) is 18.2 Å². The zero-order valence-electron chi connectivity index (χ0n) is 22.2. The maximum atomic E-state index is 5.51. The van der Waals surface area contributed by atoms with E-state index < -0.39 is 0 Å². The fourth-order valence-electron chi connectivity index (χ4n) is 5.43.